The second-order valence-corrected chi connectivity index (χ2v) is 5.71. The maximum Gasteiger partial charge on any atom is 0.267 e. The van der Waals surface area contributed by atoms with Gasteiger partial charge >= 0.3 is 0 Å². The van der Waals surface area contributed by atoms with Crippen LogP contribution in [0.5, 0.6) is 11.5 Å². The van der Waals surface area contributed by atoms with Crippen LogP contribution in [0.1, 0.15) is 16.9 Å². The lowest BCUT2D eigenvalue weighted by Crippen LogP contribution is -2.26. The van der Waals surface area contributed by atoms with Crippen molar-refractivity contribution < 1.29 is 14.3 Å². The van der Waals surface area contributed by atoms with Crippen molar-refractivity contribution in [1.29, 1.82) is 0 Å². The first-order valence-electron chi connectivity index (χ1n) is 8.41. The number of hydrogen-bond donors (Lipinski definition) is 2. The van der Waals surface area contributed by atoms with Crippen molar-refractivity contribution in [3.8, 4) is 11.5 Å². The summed E-state index contributed by atoms with van der Waals surface area (Å²) in [6.07, 6.45) is 2.41. The zero-order valence-electron chi connectivity index (χ0n) is 15.1. The van der Waals surface area contributed by atoms with E-state index in [-0.39, 0.29) is 5.69 Å². The predicted molar refractivity (Wildman–Crippen MR) is 99.6 cm³/mol. The Kier molecular flexibility index (Phi) is 7.63. The lowest BCUT2D eigenvalue weighted by molar-refractivity contribution is 0.0995. The van der Waals surface area contributed by atoms with Gasteiger partial charge in [-0.3, -0.25) is 4.79 Å². The van der Waals surface area contributed by atoms with Gasteiger partial charge in [0.15, 0.2) is 11.5 Å². The van der Waals surface area contributed by atoms with Gasteiger partial charge in [0.05, 0.1) is 7.11 Å². The molecule has 0 aliphatic carbocycles. The fourth-order valence-electron chi connectivity index (χ4n) is 2.29. The maximum absolute atomic E-state index is 11.1. The monoisotopic (exact) mass is 359 g/mol. The fraction of sp³-hybridized carbons (Fsp3) is 0.389. The number of likely N-dealkylation sites (N-methyl/N-ethyl adjacent to an activating group) is 1. The normalized spacial score (nSPS) is 10.6. The summed E-state index contributed by atoms with van der Waals surface area (Å²) in [4.78, 5) is 21.4. The molecule has 0 saturated carbocycles. The lowest BCUT2D eigenvalue weighted by Gasteiger charge is -2.17. The highest BCUT2D eigenvalue weighted by Gasteiger charge is 2.05. The summed E-state index contributed by atoms with van der Waals surface area (Å²) in [7, 11) is 3.67. The molecule has 1 aromatic carbocycles. The minimum Gasteiger partial charge on any atom is -0.493 e. The summed E-state index contributed by atoms with van der Waals surface area (Å²) in [5.41, 5.74) is 5.40. The Morgan fingerprint density at radius 1 is 1.23 bits per heavy atom. The average molecular weight is 359 g/mol. The van der Waals surface area contributed by atoms with E-state index in [1.54, 1.807) is 7.11 Å². The molecule has 26 heavy (non-hydrogen) atoms. The number of nitrogens with zero attached hydrogens (tertiary/aromatic N) is 3. The minimum absolute atomic E-state index is 0.202. The first kappa shape index (κ1) is 19.5. The van der Waals surface area contributed by atoms with Gasteiger partial charge in [0.25, 0.3) is 5.91 Å². The van der Waals surface area contributed by atoms with Gasteiger partial charge in [-0.15, -0.1) is 0 Å². The number of benzene rings is 1. The van der Waals surface area contributed by atoms with E-state index in [0.717, 1.165) is 31.0 Å². The number of anilines is 1. The van der Waals surface area contributed by atoms with Crippen LogP contribution in [0, 0.1) is 0 Å². The number of para-hydroxylation sites is 2. The number of nitrogens with two attached hydrogens (primary N) is 1. The van der Waals surface area contributed by atoms with Gasteiger partial charge in [0.1, 0.15) is 12.3 Å². The molecule has 1 aromatic heterocycles. The van der Waals surface area contributed by atoms with E-state index in [9.17, 15) is 4.79 Å². The average Bonchev–Trinajstić information content (AvgIpc) is 2.66. The quantitative estimate of drug-likeness (QED) is 0.585. The summed E-state index contributed by atoms with van der Waals surface area (Å²) < 4.78 is 11.0. The number of primary amides is 1. The molecule has 2 rings (SSSR count). The molecular formula is C18H25N5O3. The van der Waals surface area contributed by atoms with Gasteiger partial charge in [-0.1, -0.05) is 12.1 Å². The standard InChI is InChI=1S/C18H25N5O3/c1-23(12-13-26-16-7-4-3-6-15(16)25-2)11-5-9-20-18-21-10-8-14(22-18)17(19)24/h3-4,6-8,10H,5,9,11-13H2,1-2H3,(H2,19,24)(H,20,21,22). The van der Waals surface area contributed by atoms with Gasteiger partial charge in [-0.2, -0.15) is 0 Å². The van der Waals surface area contributed by atoms with Crippen LogP contribution < -0.4 is 20.5 Å². The highest BCUT2D eigenvalue weighted by atomic mass is 16.5. The Bertz CT molecular complexity index is 711. The van der Waals surface area contributed by atoms with Crippen molar-refractivity contribution in [3.05, 3.63) is 42.2 Å². The molecule has 8 heteroatoms. The third-order valence-electron chi connectivity index (χ3n) is 3.71. The van der Waals surface area contributed by atoms with Crippen molar-refractivity contribution >= 4 is 11.9 Å². The third kappa shape index (κ3) is 6.21. The molecule has 1 heterocycles. The molecule has 0 aliphatic heterocycles. The number of amides is 1. The van der Waals surface area contributed by atoms with Crippen LogP contribution in [0.15, 0.2) is 36.5 Å². The van der Waals surface area contributed by atoms with Crippen LogP contribution in [0.4, 0.5) is 5.95 Å². The SMILES string of the molecule is COc1ccccc1OCCN(C)CCCNc1nccc(C(N)=O)n1. The van der Waals surface area contributed by atoms with E-state index in [1.807, 2.05) is 31.3 Å². The molecule has 3 N–H and O–H groups in total. The predicted octanol–water partition coefficient (Wildman–Crippen LogP) is 1.40. The molecule has 0 bridgehead atoms. The molecule has 0 radical (unpaired) electrons. The van der Waals surface area contributed by atoms with Crippen molar-refractivity contribution in [2.45, 2.75) is 6.42 Å². The molecule has 0 spiro atoms. The number of carbonyl (C=O) groups is 1. The Hall–Kier alpha value is -2.87. The van der Waals surface area contributed by atoms with Crippen LogP contribution in [0.3, 0.4) is 0 Å². The van der Waals surface area contributed by atoms with Crippen LogP contribution in [0.2, 0.25) is 0 Å². The highest BCUT2D eigenvalue weighted by molar-refractivity contribution is 5.90. The summed E-state index contributed by atoms with van der Waals surface area (Å²) in [5, 5.41) is 3.09. The first-order valence-corrected chi connectivity index (χ1v) is 8.41. The van der Waals surface area contributed by atoms with Crippen molar-refractivity contribution in [1.82, 2.24) is 14.9 Å². The van der Waals surface area contributed by atoms with Gasteiger partial charge in [-0.25, -0.2) is 9.97 Å². The zero-order valence-corrected chi connectivity index (χ0v) is 15.1. The maximum atomic E-state index is 11.1. The number of methoxy groups -OCH3 is 1. The fourth-order valence-corrected chi connectivity index (χ4v) is 2.29. The summed E-state index contributed by atoms with van der Waals surface area (Å²) in [6, 6.07) is 9.09. The number of carbonyl (C=O) groups excluding carboxylic acids is 1. The van der Waals surface area contributed by atoms with Crippen molar-refractivity contribution in [3.63, 3.8) is 0 Å². The molecule has 0 saturated heterocycles. The zero-order chi connectivity index (χ0) is 18.8. The molecular weight excluding hydrogens is 334 g/mol. The largest absolute Gasteiger partial charge is 0.493 e. The Balaban J connectivity index is 1.64. The van der Waals surface area contributed by atoms with Gasteiger partial charge in [0.2, 0.25) is 5.95 Å². The van der Waals surface area contributed by atoms with E-state index in [1.165, 1.54) is 12.3 Å². The number of aromatic nitrogens is 2. The Labute approximate surface area is 153 Å². The van der Waals surface area contributed by atoms with E-state index >= 15 is 0 Å². The van der Waals surface area contributed by atoms with Crippen LogP contribution in [0.25, 0.3) is 0 Å². The number of ether oxygens (including phenoxy) is 2. The summed E-state index contributed by atoms with van der Waals surface area (Å²) in [6.45, 7) is 2.96. The molecule has 0 aliphatic rings. The van der Waals surface area contributed by atoms with E-state index < -0.39 is 5.91 Å². The molecule has 0 unspecified atom stereocenters. The molecule has 1 amide bonds. The second kappa shape index (κ2) is 10.2. The molecule has 2 aromatic rings. The molecule has 8 nitrogen and oxygen atoms in total. The topological polar surface area (TPSA) is 103 Å². The number of hydrogen-bond acceptors (Lipinski definition) is 7. The van der Waals surface area contributed by atoms with Gasteiger partial charge < -0.3 is 25.4 Å². The van der Waals surface area contributed by atoms with E-state index in [4.69, 9.17) is 15.2 Å². The van der Waals surface area contributed by atoms with Crippen LogP contribution >= 0.6 is 0 Å². The second-order valence-electron chi connectivity index (χ2n) is 5.71. The third-order valence-corrected chi connectivity index (χ3v) is 3.71. The van der Waals surface area contributed by atoms with Gasteiger partial charge in [0, 0.05) is 19.3 Å². The Morgan fingerprint density at radius 2 is 2.00 bits per heavy atom. The van der Waals surface area contributed by atoms with E-state index in [2.05, 4.69) is 20.2 Å². The molecule has 0 fully saturated rings. The summed E-state index contributed by atoms with van der Waals surface area (Å²) in [5.74, 6) is 1.32. The van der Waals surface area contributed by atoms with Crippen LogP contribution in [-0.4, -0.2) is 61.2 Å². The van der Waals surface area contributed by atoms with Gasteiger partial charge in [-0.05, 0) is 38.2 Å². The minimum atomic E-state index is -0.565. The molecule has 140 valence electrons. The summed E-state index contributed by atoms with van der Waals surface area (Å²) >= 11 is 0. The lowest BCUT2D eigenvalue weighted by atomic mass is 10.3. The van der Waals surface area contributed by atoms with Crippen molar-refractivity contribution in [2.24, 2.45) is 5.73 Å². The van der Waals surface area contributed by atoms with E-state index in [0.29, 0.717) is 19.1 Å². The smallest absolute Gasteiger partial charge is 0.267 e. The number of nitrogens with one attached hydrogen (secondary N) is 1. The highest BCUT2D eigenvalue weighted by Crippen LogP contribution is 2.25. The van der Waals surface area contributed by atoms with Crippen LogP contribution in [-0.2, 0) is 0 Å². The Morgan fingerprint density at radius 3 is 2.73 bits per heavy atom. The number of rotatable bonds is 11. The van der Waals surface area contributed by atoms with Crippen molar-refractivity contribution in [2.75, 3.05) is 45.7 Å². The molecule has 0 atom stereocenters. The first-order chi connectivity index (χ1) is 12.6.